The number of carbonyl (C=O) groups excluding carboxylic acids is 2. The summed E-state index contributed by atoms with van der Waals surface area (Å²) in [7, 11) is 1.55. The molecule has 152 valence electrons. The summed E-state index contributed by atoms with van der Waals surface area (Å²) in [5.41, 5.74) is 6.45. The number of carbonyl (C=O) groups is 2. The van der Waals surface area contributed by atoms with E-state index >= 15 is 0 Å². The van der Waals surface area contributed by atoms with Gasteiger partial charge in [0.15, 0.2) is 11.7 Å². The van der Waals surface area contributed by atoms with Gasteiger partial charge in [0, 0.05) is 16.1 Å². The molecule has 2 rings (SSSR count). The zero-order valence-electron chi connectivity index (χ0n) is 15.8. The molecule has 0 spiro atoms. The number of thiocarbonyl (C=S) groups is 1. The van der Waals surface area contributed by atoms with Crippen LogP contribution < -0.4 is 25.6 Å². The smallest absolute Gasteiger partial charge is 0.276 e. The van der Waals surface area contributed by atoms with Crippen LogP contribution in [0.1, 0.15) is 11.1 Å². The Hall–Kier alpha value is -2.91. The summed E-state index contributed by atoms with van der Waals surface area (Å²) in [5, 5.41) is 2.38. The van der Waals surface area contributed by atoms with Gasteiger partial charge in [-0.3, -0.25) is 25.8 Å². The van der Waals surface area contributed by atoms with Crippen molar-refractivity contribution >= 4 is 51.2 Å². The van der Waals surface area contributed by atoms with Gasteiger partial charge in [-0.25, -0.2) is 0 Å². The van der Waals surface area contributed by atoms with E-state index in [4.69, 9.17) is 21.7 Å². The van der Waals surface area contributed by atoms with Crippen LogP contribution in [0.4, 0.5) is 0 Å². The summed E-state index contributed by atoms with van der Waals surface area (Å²) in [6.07, 6.45) is 2.91. The van der Waals surface area contributed by atoms with E-state index in [1.807, 2.05) is 37.3 Å². The Kier molecular flexibility index (Phi) is 8.63. The predicted octanol–water partition coefficient (Wildman–Crippen LogP) is 2.88. The summed E-state index contributed by atoms with van der Waals surface area (Å²) in [6.45, 7) is 1.67. The molecule has 3 N–H and O–H groups in total. The van der Waals surface area contributed by atoms with Crippen LogP contribution in [0, 0.1) is 6.92 Å². The van der Waals surface area contributed by atoms with Crippen LogP contribution in [-0.4, -0.2) is 30.6 Å². The number of halogens is 1. The van der Waals surface area contributed by atoms with E-state index in [-0.39, 0.29) is 11.7 Å². The van der Waals surface area contributed by atoms with Crippen molar-refractivity contribution in [2.75, 3.05) is 13.7 Å². The molecule has 29 heavy (non-hydrogen) atoms. The number of hydrazine groups is 1. The molecule has 0 radical (unpaired) electrons. The highest BCUT2D eigenvalue weighted by Crippen LogP contribution is 2.22. The van der Waals surface area contributed by atoms with Gasteiger partial charge in [0.2, 0.25) is 5.91 Å². The van der Waals surface area contributed by atoms with E-state index in [1.54, 1.807) is 25.3 Å². The largest absolute Gasteiger partial charge is 0.496 e. The van der Waals surface area contributed by atoms with E-state index < -0.39 is 11.8 Å². The molecule has 0 unspecified atom stereocenters. The SMILES string of the molecule is COc1ccccc1/C=C/C(=O)NC(=S)NNC(=O)COc1ccc(Br)cc1C. The van der Waals surface area contributed by atoms with Crippen LogP contribution >= 0.6 is 28.1 Å². The highest BCUT2D eigenvalue weighted by molar-refractivity contribution is 9.10. The molecule has 0 atom stereocenters. The third kappa shape index (κ3) is 7.55. The summed E-state index contributed by atoms with van der Waals surface area (Å²) >= 11 is 8.34. The first-order chi connectivity index (χ1) is 13.9. The number of ether oxygens (including phenoxy) is 2. The Morgan fingerprint density at radius 3 is 2.62 bits per heavy atom. The molecule has 0 bridgehead atoms. The maximum atomic E-state index is 11.9. The number of rotatable bonds is 6. The minimum Gasteiger partial charge on any atom is -0.496 e. The minimum absolute atomic E-state index is 0.0483. The fourth-order valence-corrected chi connectivity index (χ4v) is 2.86. The highest BCUT2D eigenvalue weighted by atomic mass is 79.9. The molecule has 0 aliphatic heterocycles. The Labute approximate surface area is 182 Å². The number of para-hydroxylation sites is 1. The number of hydrogen-bond acceptors (Lipinski definition) is 5. The molecule has 0 aliphatic carbocycles. The summed E-state index contributed by atoms with van der Waals surface area (Å²) in [4.78, 5) is 23.8. The van der Waals surface area contributed by atoms with Crippen molar-refractivity contribution in [2.24, 2.45) is 0 Å². The van der Waals surface area contributed by atoms with Gasteiger partial charge < -0.3 is 9.47 Å². The topological polar surface area (TPSA) is 88.7 Å². The number of benzene rings is 2. The van der Waals surface area contributed by atoms with Crippen molar-refractivity contribution in [1.29, 1.82) is 0 Å². The molecule has 7 nitrogen and oxygen atoms in total. The predicted molar refractivity (Wildman–Crippen MR) is 118 cm³/mol. The fraction of sp³-hybridized carbons (Fsp3) is 0.150. The maximum absolute atomic E-state index is 11.9. The Morgan fingerprint density at radius 2 is 1.90 bits per heavy atom. The van der Waals surface area contributed by atoms with Crippen molar-refractivity contribution in [1.82, 2.24) is 16.2 Å². The maximum Gasteiger partial charge on any atom is 0.276 e. The van der Waals surface area contributed by atoms with Gasteiger partial charge in [-0.15, -0.1) is 0 Å². The number of hydrogen-bond donors (Lipinski definition) is 3. The number of amides is 2. The van der Waals surface area contributed by atoms with Crippen molar-refractivity contribution in [3.05, 3.63) is 64.1 Å². The molecular formula is C20H20BrN3O4S. The minimum atomic E-state index is -0.454. The zero-order valence-corrected chi connectivity index (χ0v) is 18.2. The number of aryl methyl sites for hydroxylation is 1. The molecule has 0 fully saturated rings. The summed E-state index contributed by atoms with van der Waals surface area (Å²) in [6, 6.07) is 12.7. The van der Waals surface area contributed by atoms with Gasteiger partial charge in [-0.1, -0.05) is 34.1 Å². The molecule has 0 heterocycles. The quantitative estimate of drug-likeness (QED) is 0.336. The van der Waals surface area contributed by atoms with Crippen molar-refractivity contribution in [3.8, 4) is 11.5 Å². The molecular weight excluding hydrogens is 458 g/mol. The average Bonchev–Trinajstić information content (AvgIpc) is 2.70. The second-order valence-corrected chi connectivity index (χ2v) is 7.09. The first-order valence-corrected chi connectivity index (χ1v) is 9.69. The lowest BCUT2D eigenvalue weighted by molar-refractivity contribution is -0.123. The molecule has 0 saturated carbocycles. The lowest BCUT2D eigenvalue weighted by atomic mass is 10.2. The van der Waals surface area contributed by atoms with Crippen molar-refractivity contribution in [3.63, 3.8) is 0 Å². The summed E-state index contributed by atoms with van der Waals surface area (Å²) in [5.74, 6) is 0.337. The lowest BCUT2D eigenvalue weighted by Gasteiger charge is -2.12. The van der Waals surface area contributed by atoms with Gasteiger partial charge >= 0.3 is 0 Å². The number of nitrogens with one attached hydrogen (secondary N) is 3. The van der Waals surface area contributed by atoms with Crippen LogP contribution in [0.3, 0.4) is 0 Å². The molecule has 2 aromatic carbocycles. The molecule has 0 saturated heterocycles. The van der Waals surface area contributed by atoms with Crippen LogP contribution in [0.5, 0.6) is 11.5 Å². The van der Waals surface area contributed by atoms with E-state index in [1.165, 1.54) is 6.08 Å². The molecule has 2 aromatic rings. The van der Waals surface area contributed by atoms with Crippen molar-refractivity contribution < 1.29 is 19.1 Å². The first kappa shape index (κ1) is 22.4. The zero-order chi connectivity index (χ0) is 21.2. The number of methoxy groups -OCH3 is 1. The van der Waals surface area contributed by atoms with Gasteiger partial charge in [-0.05, 0) is 55.0 Å². The van der Waals surface area contributed by atoms with Crippen LogP contribution in [0.15, 0.2) is 53.0 Å². The van der Waals surface area contributed by atoms with Gasteiger partial charge in [-0.2, -0.15) is 0 Å². The van der Waals surface area contributed by atoms with Crippen molar-refractivity contribution in [2.45, 2.75) is 6.92 Å². The van der Waals surface area contributed by atoms with Gasteiger partial charge in [0.25, 0.3) is 5.91 Å². The second kappa shape index (κ2) is 11.2. The van der Waals surface area contributed by atoms with Crippen LogP contribution in [0.25, 0.3) is 6.08 Å². The normalized spacial score (nSPS) is 10.3. The molecule has 2 amide bonds. The Morgan fingerprint density at radius 1 is 1.14 bits per heavy atom. The van der Waals surface area contributed by atoms with Crippen LogP contribution in [0.2, 0.25) is 0 Å². The highest BCUT2D eigenvalue weighted by Gasteiger charge is 2.07. The standard InChI is InChI=1S/C20H20BrN3O4S/c1-13-11-15(21)8-9-16(13)28-12-19(26)23-24-20(29)22-18(25)10-7-14-5-3-4-6-17(14)27-2/h3-11H,12H2,1-2H3,(H,23,26)(H2,22,24,25,29)/b10-7+. The monoisotopic (exact) mass is 477 g/mol. The summed E-state index contributed by atoms with van der Waals surface area (Å²) < 4.78 is 11.6. The molecule has 0 aromatic heterocycles. The third-order valence-electron chi connectivity index (χ3n) is 3.60. The van der Waals surface area contributed by atoms with Crippen LogP contribution in [-0.2, 0) is 9.59 Å². The average molecular weight is 478 g/mol. The van der Waals surface area contributed by atoms with E-state index in [0.29, 0.717) is 11.5 Å². The molecule has 9 heteroatoms. The Balaban J connectivity index is 1.75. The fourth-order valence-electron chi connectivity index (χ4n) is 2.24. The van der Waals surface area contributed by atoms with Gasteiger partial charge in [0.1, 0.15) is 11.5 Å². The van der Waals surface area contributed by atoms with Gasteiger partial charge in [0.05, 0.1) is 7.11 Å². The molecule has 0 aliphatic rings. The third-order valence-corrected chi connectivity index (χ3v) is 4.30. The first-order valence-electron chi connectivity index (χ1n) is 8.49. The second-order valence-electron chi connectivity index (χ2n) is 5.77. The van der Waals surface area contributed by atoms with E-state index in [2.05, 4.69) is 32.1 Å². The van der Waals surface area contributed by atoms with E-state index in [9.17, 15) is 9.59 Å². The lowest BCUT2D eigenvalue weighted by Crippen LogP contribution is -2.49. The van der Waals surface area contributed by atoms with E-state index in [0.717, 1.165) is 15.6 Å². The Bertz CT molecular complexity index is 934.